The summed E-state index contributed by atoms with van der Waals surface area (Å²) in [5.41, 5.74) is -0.444. The maximum absolute atomic E-state index is 11.8. The summed E-state index contributed by atoms with van der Waals surface area (Å²) in [7, 11) is -3.68. The third kappa shape index (κ3) is 4.22. The fourth-order valence-corrected chi connectivity index (χ4v) is 3.61. The second-order valence-electron chi connectivity index (χ2n) is 6.45. The van der Waals surface area contributed by atoms with Crippen molar-refractivity contribution in [1.82, 2.24) is 4.90 Å². The number of nitro benzene ring substituents is 1. The van der Waals surface area contributed by atoms with Crippen LogP contribution in [-0.4, -0.2) is 62.9 Å². The van der Waals surface area contributed by atoms with E-state index in [-0.39, 0.29) is 16.1 Å². The number of anilines is 1. The van der Waals surface area contributed by atoms with Crippen LogP contribution in [0.2, 0.25) is 0 Å². The number of ether oxygens (including phenoxy) is 1. The number of nitrogens with zero attached hydrogens (tertiary/aromatic N) is 2. The number of rotatable bonds is 6. The predicted octanol–water partition coefficient (Wildman–Crippen LogP) is 1.52. The number of para-hydroxylation sites is 1. The minimum atomic E-state index is -3.68. The maximum Gasteiger partial charge on any atom is 0.310 e. The topological polar surface area (TPSA) is 102 Å². The third-order valence-corrected chi connectivity index (χ3v) is 5.29. The van der Waals surface area contributed by atoms with Crippen molar-refractivity contribution in [3.63, 3.8) is 0 Å². The second kappa shape index (κ2) is 7.04. The number of hydrogen-bond acceptors (Lipinski definition) is 7. The smallest absolute Gasteiger partial charge is 0.310 e. The number of nitrogens with one attached hydrogen (secondary N) is 1. The largest absolute Gasteiger partial charge is 0.379 e. The van der Waals surface area contributed by atoms with Crippen LogP contribution in [0.4, 0.5) is 11.4 Å². The molecule has 0 atom stereocenters. The number of benzene rings is 1. The van der Waals surface area contributed by atoms with Gasteiger partial charge in [0.15, 0.2) is 9.84 Å². The van der Waals surface area contributed by atoms with Crippen LogP contribution >= 0.6 is 0 Å². The molecule has 0 saturated carbocycles. The van der Waals surface area contributed by atoms with Gasteiger partial charge in [-0.15, -0.1) is 0 Å². The number of morpholine rings is 1. The molecule has 1 fully saturated rings. The molecule has 1 aliphatic rings. The molecular formula is C15H23N3O5S. The molecule has 134 valence electrons. The molecule has 1 aromatic rings. The summed E-state index contributed by atoms with van der Waals surface area (Å²) in [5, 5.41) is 14.4. The average molecular weight is 357 g/mol. The van der Waals surface area contributed by atoms with Gasteiger partial charge < -0.3 is 10.1 Å². The number of hydrogen-bond donors (Lipinski definition) is 1. The highest BCUT2D eigenvalue weighted by Gasteiger charge is 2.30. The van der Waals surface area contributed by atoms with Crippen molar-refractivity contribution in [2.45, 2.75) is 24.3 Å². The molecule has 1 N–H and O–H groups in total. The van der Waals surface area contributed by atoms with Crippen molar-refractivity contribution in [2.24, 2.45) is 0 Å². The van der Waals surface area contributed by atoms with E-state index in [9.17, 15) is 18.5 Å². The fourth-order valence-electron chi connectivity index (χ4n) is 2.74. The standard InChI is InChI=1S/C15H23N3O5S/c1-15(2,17-7-9-23-10-8-17)11-16-12-5-4-6-13(24(3,21)22)14(12)18(19)20/h4-6,16H,7-11H2,1-3H3. The highest BCUT2D eigenvalue weighted by atomic mass is 32.2. The molecule has 1 aromatic carbocycles. The molecule has 1 heterocycles. The van der Waals surface area contributed by atoms with Crippen molar-refractivity contribution >= 4 is 21.2 Å². The summed E-state index contributed by atoms with van der Waals surface area (Å²) in [6.45, 7) is 7.43. The number of sulfone groups is 1. The van der Waals surface area contributed by atoms with Crippen LogP contribution in [0.15, 0.2) is 23.1 Å². The molecule has 24 heavy (non-hydrogen) atoms. The first-order valence-electron chi connectivity index (χ1n) is 7.67. The van der Waals surface area contributed by atoms with Crippen molar-refractivity contribution in [1.29, 1.82) is 0 Å². The highest BCUT2D eigenvalue weighted by Crippen LogP contribution is 2.32. The normalized spacial score (nSPS) is 16.8. The van der Waals surface area contributed by atoms with Gasteiger partial charge >= 0.3 is 5.69 Å². The van der Waals surface area contributed by atoms with E-state index < -0.39 is 20.4 Å². The first-order valence-corrected chi connectivity index (χ1v) is 9.56. The fraction of sp³-hybridized carbons (Fsp3) is 0.600. The molecule has 0 unspecified atom stereocenters. The lowest BCUT2D eigenvalue weighted by atomic mass is 10.0. The lowest BCUT2D eigenvalue weighted by molar-refractivity contribution is -0.386. The van der Waals surface area contributed by atoms with Crippen molar-refractivity contribution in [3.8, 4) is 0 Å². The van der Waals surface area contributed by atoms with Gasteiger partial charge in [0.2, 0.25) is 0 Å². The maximum atomic E-state index is 11.8. The Hall–Kier alpha value is -1.71. The number of nitro groups is 1. The van der Waals surface area contributed by atoms with Gasteiger partial charge in [0.05, 0.1) is 18.1 Å². The van der Waals surface area contributed by atoms with Crippen molar-refractivity contribution < 1.29 is 18.1 Å². The molecule has 0 aromatic heterocycles. The van der Waals surface area contributed by atoms with E-state index in [1.807, 2.05) is 13.8 Å². The summed E-state index contributed by atoms with van der Waals surface area (Å²) in [5.74, 6) is 0. The minimum Gasteiger partial charge on any atom is -0.379 e. The van der Waals surface area contributed by atoms with E-state index in [1.54, 1.807) is 0 Å². The zero-order chi connectivity index (χ0) is 18.0. The second-order valence-corrected chi connectivity index (χ2v) is 8.43. The summed E-state index contributed by atoms with van der Waals surface area (Å²) >= 11 is 0. The molecule has 2 rings (SSSR count). The van der Waals surface area contributed by atoms with Gasteiger partial charge in [-0.05, 0) is 26.0 Å². The molecule has 9 heteroatoms. The predicted molar refractivity (Wildman–Crippen MR) is 91.2 cm³/mol. The SMILES string of the molecule is CC(C)(CNc1cccc(S(C)(=O)=O)c1[N+](=O)[O-])N1CCOCC1. The van der Waals surface area contributed by atoms with Gasteiger partial charge in [0.25, 0.3) is 0 Å². The molecule has 0 spiro atoms. The van der Waals surface area contributed by atoms with E-state index in [2.05, 4.69) is 10.2 Å². The van der Waals surface area contributed by atoms with E-state index in [0.29, 0.717) is 19.8 Å². The monoisotopic (exact) mass is 357 g/mol. The summed E-state index contributed by atoms with van der Waals surface area (Å²) in [6, 6.07) is 4.29. The van der Waals surface area contributed by atoms with Crippen molar-refractivity contribution in [2.75, 3.05) is 44.4 Å². The summed E-state index contributed by atoms with van der Waals surface area (Å²) in [4.78, 5) is 12.7. The average Bonchev–Trinajstić information content (AvgIpc) is 2.52. The first-order chi connectivity index (χ1) is 11.1. The van der Waals surface area contributed by atoms with Crippen LogP contribution in [0.1, 0.15) is 13.8 Å². The Morgan fingerprint density at radius 1 is 1.33 bits per heavy atom. The van der Waals surface area contributed by atoms with Crippen LogP contribution in [0.5, 0.6) is 0 Å². The van der Waals surface area contributed by atoms with E-state index in [1.165, 1.54) is 18.2 Å². The van der Waals surface area contributed by atoms with Gasteiger partial charge in [-0.25, -0.2) is 8.42 Å². The van der Waals surface area contributed by atoms with E-state index in [4.69, 9.17) is 4.74 Å². The molecule has 1 saturated heterocycles. The Morgan fingerprint density at radius 2 is 1.96 bits per heavy atom. The van der Waals surface area contributed by atoms with E-state index in [0.717, 1.165) is 19.3 Å². The first kappa shape index (κ1) is 18.6. The van der Waals surface area contributed by atoms with Gasteiger partial charge in [-0.3, -0.25) is 15.0 Å². The van der Waals surface area contributed by atoms with Gasteiger partial charge in [-0.1, -0.05) is 6.07 Å². The summed E-state index contributed by atoms with van der Waals surface area (Å²) in [6.07, 6.45) is 0.969. The molecule has 1 aliphatic heterocycles. The summed E-state index contributed by atoms with van der Waals surface area (Å²) < 4.78 is 29.0. The highest BCUT2D eigenvalue weighted by molar-refractivity contribution is 7.90. The van der Waals surface area contributed by atoms with Crippen molar-refractivity contribution in [3.05, 3.63) is 28.3 Å². The van der Waals surface area contributed by atoms with Crippen LogP contribution in [0.3, 0.4) is 0 Å². The zero-order valence-corrected chi connectivity index (χ0v) is 14.9. The molecule has 0 aliphatic carbocycles. The lowest BCUT2D eigenvalue weighted by Gasteiger charge is -2.41. The third-order valence-electron chi connectivity index (χ3n) is 4.16. The van der Waals surface area contributed by atoms with Gasteiger partial charge in [0.1, 0.15) is 10.6 Å². The van der Waals surface area contributed by atoms with Crippen LogP contribution in [0, 0.1) is 10.1 Å². The molecule has 0 amide bonds. The molecular weight excluding hydrogens is 334 g/mol. The molecule has 8 nitrogen and oxygen atoms in total. The lowest BCUT2D eigenvalue weighted by Crippen LogP contribution is -2.53. The van der Waals surface area contributed by atoms with E-state index >= 15 is 0 Å². The Bertz CT molecular complexity index is 712. The molecule has 0 radical (unpaired) electrons. The minimum absolute atomic E-state index is 0.212. The quantitative estimate of drug-likeness (QED) is 0.608. The van der Waals surface area contributed by atoms with Crippen LogP contribution in [0.25, 0.3) is 0 Å². The zero-order valence-electron chi connectivity index (χ0n) is 14.1. The van der Waals surface area contributed by atoms with Crippen LogP contribution in [-0.2, 0) is 14.6 Å². The Kier molecular flexibility index (Phi) is 5.46. The van der Waals surface area contributed by atoms with Crippen LogP contribution < -0.4 is 5.32 Å². The van der Waals surface area contributed by atoms with Gasteiger partial charge in [-0.2, -0.15) is 0 Å². The Balaban J connectivity index is 2.25. The Morgan fingerprint density at radius 3 is 2.50 bits per heavy atom. The Labute approximate surface area is 141 Å². The van der Waals surface area contributed by atoms with Gasteiger partial charge in [0, 0.05) is 31.4 Å². The molecule has 0 bridgehead atoms.